The molecular weight excluding hydrogens is 204 g/mol. The van der Waals surface area contributed by atoms with Crippen LogP contribution in [0.25, 0.3) is 0 Å². The van der Waals surface area contributed by atoms with Gasteiger partial charge in [0.2, 0.25) is 0 Å². The highest BCUT2D eigenvalue weighted by Crippen LogP contribution is 2.18. The molecule has 1 atom stereocenters. The molecule has 1 unspecified atom stereocenters. The van der Waals surface area contributed by atoms with Gasteiger partial charge in [0.1, 0.15) is 0 Å². The fourth-order valence-electron chi connectivity index (χ4n) is 1.68. The Balaban J connectivity index is 2.41. The first-order chi connectivity index (χ1) is 7.17. The first kappa shape index (κ1) is 12.7. The Morgan fingerprint density at radius 3 is 2.53 bits per heavy atom. The molecule has 3 heteroatoms. The smallest absolute Gasteiger partial charge is 0.0931 e. The molecule has 1 aromatic heterocycles. The zero-order valence-electron chi connectivity index (χ0n) is 10.3. The van der Waals surface area contributed by atoms with Crippen molar-refractivity contribution in [3.63, 3.8) is 0 Å². The van der Waals surface area contributed by atoms with Gasteiger partial charge in [-0.15, -0.1) is 11.3 Å². The Bertz CT molecular complexity index is 274. The molecule has 1 aromatic rings. The van der Waals surface area contributed by atoms with Gasteiger partial charge in [-0.2, -0.15) is 0 Å². The molecule has 0 saturated carbocycles. The first-order valence-corrected chi connectivity index (χ1v) is 6.65. The lowest BCUT2D eigenvalue weighted by Crippen LogP contribution is -2.28. The average molecular weight is 226 g/mol. The summed E-state index contributed by atoms with van der Waals surface area (Å²) in [6.07, 6.45) is 3.53. The summed E-state index contributed by atoms with van der Waals surface area (Å²) in [7, 11) is 0. The second-order valence-electron chi connectivity index (χ2n) is 3.95. The molecule has 0 aliphatic carbocycles. The normalized spacial score (nSPS) is 13.1. The van der Waals surface area contributed by atoms with Crippen LogP contribution in [0, 0.1) is 13.8 Å². The summed E-state index contributed by atoms with van der Waals surface area (Å²) in [5.41, 5.74) is 1.20. The van der Waals surface area contributed by atoms with E-state index in [0.717, 1.165) is 13.0 Å². The van der Waals surface area contributed by atoms with Gasteiger partial charge in [-0.1, -0.05) is 13.8 Å². The number of nitrogens with zero attached hydrogens (tertiary/aromatic N) is 1. The van der Waals surface area contributed by atoms with E-state index in [-0.39, 0.29) is 0 Å². The molecule has 1 rings (SSSR count). The molecule has 0 radical (unpaired) electrons. The molecule has 0 aliphatic rings. The highest BCUT2D eigenvalue weighted by molar-refractivity contribution is 7.11. The van der Waals surface area contributed by atoms with Gasteiger partial charge >= 0.3 is 0 Å². The highest BCUT2D eigenvalue weighted by Gasteiger charge is 2.08. The van der Waals surface area contributed by atoms with Crippen molar-refractivity contribution in [2.75, 3.05) is 6.54 Å². The summed E-state index contributed by atoms with van der Waals surface area (Å²) in [6.45, 7) is 9.72. The third-order valence-corrected chi connectivity index (χ3v) is 3.90. The van der Waals surface area contributed by atoms with Gasteiger partial charge in [0, 0.05) is 17.3 Å². The number of hydrogen-bond acceptors (Lipinski definition) is 3. The first-order valence-electron chi connectivity index (χ1n) is 5.83. The van der Waals surface area contributed by atoms with Gasteiger partial charge in [0.15, 0.2) is 0 Å². The van der Waals surface area contributed by atoms with E-state index in [0.29, 0.717) is 6.04 Å². The number of thiazole rings is 1. The van der Waals surface area contributed by atoms with E-state index >= 15 is 0 Å². The van der Waals surface area contributed by atoms with Gasteiger partial charge in [-0.3, -0.25) is 0 Å². The van der Waals surface area contributed by atoms with Crippen molar-refractivity contribution in [1.29, 1.82) is 0 Å². The topological polar surface area (TPSA) is 24.9 Å². The van der Waals surface area contributed by atoms with Crippen LogP contribution in [0.2, 0.25) is 0 Å². The standard InChI is InChI=1S/C12H22N2S/c1-5-11(13-6-2)7-8-12-14-9(3)10(4)15-12/h11,13H,5-8H2,1-4H3. The largest absolute Gasteiger partial charge is 0.314 e. The second-order valence-corrected chi connectivity index (χ2v) is 5.24. The minimum Gasteiger partial charge on any atom is -0.314 e. The zero-order valence-corrected chi connectivity index (χ0v) is 11.1. The predicted octanol–water partition coefficient (Wildman–Crippen LogP) is 3.08. The molecule has 0 bridgehead atoms. The fourth-order valence-corrected chi connectivity index (χ4v) is 2.63. The highest BCUT2D eigenvalue weighted by atomic mass is 32.1. The molecule has 0 fully saturated rings. The van der Waals surface area contributed by atoms with Crippen LogP contribution in [-0.4, -0.2) is 17.6 Å². The predicted molar refractivity (Wildman–Crippen MR) is 67.7 cm³/mol. The number of rotatable bonds is 6. The fraction of sp³-hybridized carbons (Fsp3) is 0.750. The molecule has 0 spiro atoms. The van der Waals surface area contributed by atoms with Gasteiger partial charge in [-0.05, 0) is 33.2 Å². The van der Waals surface area contributed by atoms with Crippen molar-refractivity contribution < 1.29 is 0 Å². The van der Waals surface area contributed by atoms with E-state index in [2.05, 4.69) is 38.0 Å². The van der Waals surface area contributed by atoms with Crippen LogP contribution in [-0.2, 0) is 6.42 Å². The Kier molecular flexibility index (Phi) is 5.26. The van der Waals surface area contributed by atoms with Crippen LogP contribution >= 0.6 is 11.3 Å². The molecular formula is C12H22N2S. The maximum absolute atomic E-state index is 4.57. The molecule has 1 N–H and O–H groups in total. The molecule has 15 heavy (non-hydrogen) atoms. The third kappa shape index (κ3) is 3.92. The number of aromatic nitrogens is 1. The molecule has 0 aromatic carbocycles. The SMILES string of the molecule is CCNC(CC)CCc1nc(C)c(C)s1. The van der Waals surface area contributed by atoms with E-state index in [1.165, 1.54) is 28.4 Å². The summed E-state index contributed by atoms with van der Waals surface area (Å²) >= 11 is 1.85. The lowest BCUT2D eigenvalue weighted by Gasteiger charge is -2.14. The van der Waals surface area contributed by atoms with Crippen LogP contribution in [0.1, 0.15) is 42.3 Å². The summed E-state index contributed by atoms with van der Waals surface area (Å²) in [5.74, 6) is 0. The van der Waals surface area contributed by atoms with Gasteiger partial charge < -0.3 is 5.32 Å². The molecule has 0 aliphatic heterocycles. The zero-order chi connectivity index (χ0) is 11.3. The van der Waals surface area contributed by atoms with Crippen molar-refractivity contribution in [3.05, 3.63) is 15.6 Å². The maximum atomic E-state index is 4.57. The van der Waals surface area contributed by atoms with Crippen molar-refractivity contribution in [3.8, 4) is 0 Å². The monoisotopic (exact) mass is 226 g/mol. The Morgan fingerprint density at radius 2 is 2.07 bits per heavy atom. The summed E-state index contributed by atoms with van der Waals surface area (Å²) in [4.78, 5) is 5.93. The number of nitrogens with one attached hydrogen (secondary N) is 1. The van der Waals surface area contributed by atoms with Gasteiger partial charge in [0.25, 0.3) is 0 Å². The van der Waals surface area contributed by atoms with Crippen LogP contribution in [0.4, 0.5) is 0 Å². The Hall–Kier alpha value is -0.410. The molecule has 2 nitrogen and oxygen atoms in total. The van der Waals surface area contributed by atoms with Crippen LogP contribution < -0.4 is 5.32 Å². The second kappa shape index (κ2) is 6.23. The number of aryl methyl sites for hydroxylation is 3. The maximum Gasteiger partial charge on any atom is 0.0931 e. The summed E-state index contributed by atoms with van der Waals surface area (Å²) < 4.78 is 0. The Morgan fingerprint density at radius 1 is 1.33 bits per heavy atom. The van der Waals surface area contributed by atoms with E-state index in [1.54, 1.807) is 0 Å². The summed E-state index contributed by atoms with van der Waals surface area (Å²) in [6, 6.07) is 0.652. The third-order valence-electron chi connectivity index (χ3n) is 2.77. The van der Waals surface area contributed by atoms with Crippen LogP contribution in [0.5, 0.6) is 0 Å². The van der Waals surface area contributed by atoms with Crippen molar-refractivity contribution in [2.45, 2.75) is 53.0 Å². The van der Waals surface area contributed by atoms with Crippen molar-refractivity contribution in [2.24, 2.45) is 0 Å². The molecule has 86 valence electrons. The average Bonchev–Trinajstić information content (AvgIpc) is 2.53. The van der Waals surface area contributed by atoms with Gasteiger partial charge in [0.05, 0.1) is 10.7 Å². The summed E-state index contributed by atoms with van der Waals surface area (Å²) in [5, 5.41) is 4.79. The molecule has 0 saturated heterocycles. The van der Waals surface area contributed by atoms with Gasteiger partial charge in [-0.25, -0.2) is 4.98 Å². The minimum atomic E-state index is 0.652. The van der Waals surface area contributed by atoms with Crippen molar-refractivity contribution >= 4 is 11.3 Å². The minimum absolute atomic E-state index is 0.652. The van der Waals surface area contributed by atoms with E-state index in [1.807, 2.05) is 11.3 Å². The number of hydrogen-bond donors (Lipinski definition) is 1. The van der Waals surface area contributed by atoms with E-state index in [9.17, 15) is 0 Å². The lowest BCUT2D eigenvalue weighted by molar-refractivity contribution is 0.480. The lowest BCUT2D eigenvalue weighted by atomic mass is 10.1. The Labute approximate surface area is 97.1 Å². The van der Waals surface area contributed by atoms with E-state index in [4.69, 9.17) is 0 Å². The quantitative estimate of drug-likeness (QED) is 0.806. The van der Waals surface area contributed by atoms with Crippen molar-refractivity contribution in [1.82, 2.24) is 10.3 Å². The molecule has 0 amide bonds. The van der Waals surface area contributed by atoms with Crippen LogP contribution in [0.15, 0.2) is 0 Å². The van der Waals surface area contributed by atoms with Crippen LogP contribution in [0.3, 0.4) is 0 Å². The molecule has 1 heterocycles. The van der Waals surface area contributed by atoms with E-state index < -0.39 is 0 Å².